The van der Waals surface area contributed by atoms with Gasteiger partial charge in [0.1, 0.15) is 5.75 Å². The Labute approximate surface area is 130 Å². The average Bonchev–Trinajstić information content (AvgIpc) is 3.05. The molecule has 1 amide bonds. The van der Waals surface area contributed by atoms with Gasteiger partial charge in [-0.05, 0) is 48.6 Å². The summed E-state index contributed by atoms with van der Waals surface area (Å²) in [5.41, 5.74) is 1.80. The minimum absolute atomic E-state index is 0.0687. The van der Waals surface area contributed by atoms with E-state index in [4.69, 9.17) is 9.57 Å². The van der Waals surface area contributed by atoms with Crippen molar-refractivity contribution in [2.45, 2.75) is 32.3 Å². The van der Waals surface area contributed by atoms with E-state index in [-0.39, 0.29) is 5.91 Å². The maximum Gasteiger partial charge on any atom is 0.266 e. The van der Waals surface area contributed by atoms with E-state index < -0.39 is 6.10 Å². The minimum atomic E-state index is -0.467. The lowest BCUT2D eigenvalue weighted by atomic mass is 9.98. The number of amides is 1. The summed E-state index contributed by atoms with van der Waals surface area (Å²) in [5.74, 6) is 1.58. The van der Waals surface area contributed by atoms with E-state index in [9.17, 15) is 4.79 Å². The van der Waals surface area contributed by atoms with E-state index in [2.05, 4.69) is 12.1 Å². The second-order valence-corrected chi connectivity index (χ2v) is 6.07. The third-order valence-electron chi connectivity index (χ3n) is 4.46. The summed E-state index contributed by atoms with van der Waals surface area (Å²) >= 11 is 0. The number of ether oxygens (including phenoxy) is 1. The van der Waals surface area contributed by atoms with Crippen molar-refractivity contribution in [1.29, 1.82) is 0 Å². The van der Waals surface area contributed by atoms with Crippen LogP contribution in [-0.4, -0.2) is 42.8 Å². The van der Waals surface area contributed by atoms with Crippen molar-refractivity contribution in [3.8, 4) is 5.75 Å². The summed E-state index contributed by atoms with van der Waals surface area (Å²) in [5, 5.41) is 4.10. The smallest absolute Gasteiger partial charge is 0.266 e. The van der Waals surface area contributed by atoms with Crippen LogP contribution in [0.1, 0.15) is 31.7 Å². The normalized spacial score (nSPS) is 22.2. The van der Waals surface area contributed by atoms with Crippen LogP contribution in [0.5, 0.6) is 5.75 Å². The van der Waals surface area contributed by atoms with Crippen LogP contribution in [0.25, 0.3) is 0 Å². The highest BCUT2D eigenvalue weighted by molar-refractivity contribution is 6.04. The fourth-order valence-electron chi connectivity index (χ4n) is 2.90. The molecule has 5 nitrogen and oxygen atoms in total. The average molecular weight is 302 g/mol. The Morgan fingerprint density at radius 2 is 1.95 bits per heavy atom. The molecular formula is C17H22N2O3. The standard InChI is InChI=1S/C17H22N2O3/c1-12-7-9-19(10-8-12)17(20)16-11-15(18-22-16)13-3-5-14(21-2)6-4-13/h3-6,12,16H,7-11H2,1-2H3. The topological polar surface area (TPSA) is 51.1 Å². The van der Waals surface area contributed by atoms with Crippen molar-refractivity contribution in [2.24, 2.45) is 11.1 Å². The Hall–Kier alpha value is -2.04. The molecule has 22 heavy (non-hydrogen) atoms. The van der Waals surface area contributed by atoms with Gasteiger partial charge in [0, 0.05) is 19.5 Å². The van der Waals surface area contributed by atoms with Gasteiger partial charge < -0.3 is 14.5 Å². The number of oxime groups is 1. The summed E-state index contributed by atoms with van der Waals surface area (Å²) in [4.78, 5) is 19.8. The molecule has 2 heterocycles. The number of likely N-dealkylation sites (tertiary alicyclic amines) is 1. The number of piperidine rings is 1. The van der Waals surface area contributed by atoms with E-state index in [0.717, 1.165) is 43.0 Å². The molecule has 0 spiro atoms. The molecule has 1 saturated heterocycles. The number of hydrogen-bond acceptors (Lipinski definition) is 4. The molecule has 0 aliphatic carbocycles. The Kier molecular flexibility index (Phi) is 4.32. The van der Waals surface area contributed by atoms with Crippen molar-refractivity contribution >= 4 is 11.6 Å². The molecule has 1 atom stereocenters. The Bertz CT molecular complexity index is 560. The Morgan fingerprint density at radius 3 is 2.59 bits per heavy atom. The summed E-state index contributed by atoms with van der Waals surface area (Å²) < 4.78 is 5.15. The quantitative estimate of drug-likeness (QED) is 0.862. The fourth-order valence-corrected chi connectivity index (χ4v) is 2.90. The van der Waals surface area contributed by atoms with Crippen LogP contribution in [0.3, 0.4) is 0 Å². The van der Waals surface area contributed by atoms with Crippen LogP contribution in [0, 0.1) is 5.92 Å². The minimum Gasteiger partial charge on any atom is -0.497 e. The molecule has 0 N–H and O–H groups in total. The van der Waals surface area contributed by atoms with Gasteiger partial charge in [-0.25, -0.2) is 0 Å². The maximum atomic E-state index is 12.5. The van der Waals surface area contributed by atoms with Crippen LogP contribution < -0.4 is 4.74 Å². The molecule has 0 saturated carbocycles. The van der Waals surface area contributed by atoms with Gasteiger partial charge in [0.25, 0.3) is 5.91 Å². The van der Waals surface area contributed by atoms with Gasteiger partial charge in [0.05, 0.1) is 12.8 Å². The lowest BCUT2D eigenvalue weighted by molar-refractivity contribution is -0.143. The zero-order valence-corrected chi connectivity index (χ0v) is 13.1. The maximum absolute atomic E-state index is 12.5. The van der Waals surface area contributed by atoms with Crippen LogP contribution in [0.2, 0.25) is 0 Å². The first-order valence-electron chi connectivity index (χ1n) is 7.83. The zero-order valence-electron chi connectivity index (χ0n) is 13.1. The highest BCUT2D eigenvalue weighted by Gasteiger charge is 2.33. The van der Waals surface area contributed by atoms with Gasteiger partial charge in [-0.3, -0.25) is 4.79 Å². The van der Waals surface area contributed by atoms with Crippen LogP contribution in [0.4, 0.5) is 0 Å². The van der Waals surface area contributed by atoms with Gasteiger partial charge in [-0.1, -0.05) is 12.1 Å². The number of hydrogen-bond donors (Lipinski definition) is 0. The SMILES string of the molecule is COc1ccc(C2=NOC(C(=O)N3CCC(C)CC3)C2)cc1. The molecule has 1 unspecified atom stereocenters. The molecule has 3 rings (SSSR count). The summed E-state index contributed by atoms with van der Waals surface area (Å²) in [6, 6.07) is 7.66. The summed E-state index contributed by atoms with van der Waals surface area (Å²) in [7, 11) is 1.64. The number of benzene rings is 1. The van der Waals surface area contributed by atoms with Gasteiger partial charge in [-0.2, -0.15) is 0 Å². The van der Waals surface area contributed by atoms with E-state index in [1.807, 2.05) is 29.2 Å². The molecule has 0 aromatic heterocycles. The van der Waals surface area contributed by atoms with E-state index in [1.54, 1.807) is 7.11 Å². The second kappa shape index (κ2) is 6.38. The van der Waals surface area contributed by atoms with E-state index >= 15 is 0 Å². The van der Waals surface area contributed by atoms with Gasteiger partial charge in [0.15, 0.2) is 0 Å². The van der Waals surface area contributed by atoms with Crippen LogP contribution >= 0.6 is 0 Å². The highest BCUT2D eigenvalue weighted by Crippen LogP contribution is 2.23. The lowest BCUT2D eigenvalue weighted by Gasteiger charge is -2.31. The number of carbonyl (C=O) groups excluding carboxylic acids is 1. The van der Waals surface area contributed by atoms with Crippen molar-refractivity contribution < 1.29 is 14.4 Å². The summed E-state index contributed by atoms with van der Waals surface area (Å²) in [6.45, 7) is 3.90. The molecule has 1 aromatic rings. The molecule has 118 valence electrons. The van der Waals surface area contributed by atoms with E-state index in [1.165, 1.54) is 0 Å². The second-order valence-electron chi connectivity index (χ2n) is 6.07. The van der Waals surface area contributed by atoms with Crippen molar-refractivity contribution in [3.05, 3.63) is 29.8 Å². The molecule has 2 aliphatic rings. The zero-order chi connectivity index (χ0) is 15.5. The first kappa shape index (κ1) is 14.9. The lowest BCUT2D eigenvalue weighted by Crippen LogP contribution is -2.43. The van der Waals surface area contributed by atoms with Crippen LogP contribution in [0.15, 0.2) is 29.4 Å². The number of carbonyl (C=O) groups is 1. The van der Waals surface area contributed by atoms with Gasteiger partial charge >= 0.3 is 0 Å². The molecule has 0 radical (unpaired) electrons. The Morgan fingerprint density at radius 1 is 1.27 bits per heavy atom. The summed E-state index contributed by atoms with van der Waals surface area (Å²) in [6.07, 6.45) is 2.22. The molecule has 0 bridgehead atoms. The van der Waals surface area contributed by atoms with Gasteiger partial charge in [-0.15, -0.1) is 0 Å². The monoisotopic (exact) mass is 302 g/mol. The first-order valence-corrected chi connectivity index (χ1v) is 7.83. The van der Waals surface area contributed by atoms with E-state index in [0.29, 0.717) is 12.3 Å². The number of methoxy groups -OCH3 is 1. The predicted molar refractivity (Wildman–Crippen MR) is 84.0 cm³/mol. The molecule has 1 aromatic carbocycles. The van der Waals surface area contributed by atoms with Crippen molar-refractivity contribution in [2.75, 3.05) is 20.2 Å². The predicted octanol–water partition coefficient (Wildman–Crippen LogP) is 2.45. The number of rotatable bonds is 3. The largest absolute Gasteiger partial charge is 0.497 e. The Balaban J connectivity index is 1.59. The van der Waals surface area contributed by atoms with Gasteiger partial charge in [0.2, 0.25) is 6.10 Å². The van der Waals surface area contributed by atoms with Crippen molar-refractivity contribution in [1.82, 2.24) is 4.90 Å². The van der Waals surface area contributed by atoms with Crippen LogP contribution in [-0.2, 0) is 9.63 Å². The molecule has 1 fully saturated rings. The third kappa shape index (κ3) is 3.08. The highest BCUT2D eigenvalue weighted by atomic mass is 16.6. The first-order chi connectivity index (χ1) is 10.7. The van der Waals surface area contributed by atoms with Crippen molar-refractivity contribution in [3.63, 3.8) is 0 Å². The third-order valence-corrected chi connectivity index (χ3v) is 4.46. The number of nitrogens with zero attached hydrogens (tertiary/aromatic N) is 2. The molecule has 5 heteroatoms. The molecule has 2 aliphatic heterocycles. The fraction of sp³-hybridized carbons (Fsp3) is 0.529. The molecular weight excluding hydrogens is 280 g/mol.